The third-order valence-corrected chi connectivity index (χ3v) is 3.54. The summed E-state index contributed by atoms with van der Waals surface area (Å²) in [5.74, 6) is -1.06. The van der Waals surface area contributed by atoms with E-state index in [1.807, 2.05) is 6.20 Å². The molecule has 1 aromatic carbocycles. The fourth-order valence-electron chi connectivity index (χ4n) is 1.80. The van der Waals surface area contributed by atoms with Crippen LogP contribution in [0.3, 0.4) is 0 Å². The smallest absolute Gasteiger partial charge is 0.148 e. The molecule has 86 valence electrons. The van der Waals surface area contributed by atoms with Crippen LogP contribution in [0.4, 0.5) is 8.78 Å². The summed E-state index contributed by atoms with van der Waals surface area (Å²) in [5, 5.41) is 0. The second-order valence-corrected chi connectivity index (χ2v) is 4.61. The molecule has 0 aliphatic rings. The van der Waals surface area contributed by atoms with Crippen molar-refractivity contribution in [3.05, 3.63) is 52.7 Å². The number of rotatable bonds is 2. The van der Waals surface area contributed by atoms with Gasteiger partial charge in [0.15, 0.2) is 0 Å². The zero-order valence-corrected chi connectivity index (χ0v) is 9.52. The van der Waals surface area contributed by atoms with E-state index in [2.05, 4.69) is 9.97 Å². The highest BCUT2D eigenvalue weighted by molar-refractivity contribution is 7.16. The highest BCUT2D eigenvalue weighted by Crippen LogP contribution is 2.24. The van der Waals surface area contributed by atoms with Gasteiger partial charge in [0.1, 0.15) is 17.3 Å². The van der Waals surface area contributed by atoms with Gasteiger partial charge in [0.2, 0.25) is 0 Å². The number of fused-ring (bicyclic) bond motifs is 1. The van der Waals surface area contributed by atoms with Gasteiger partial charge < -0.3 is 4.98 Å². The minimum absolute atomic E-state index is 0.439. The number of nitrogens with zero attached hydrogens (tertiary/aromatic N) is 1. The van der Waals surface area contributed by atoms with Crippen LogP contribution in [-0.4, -0.2) is 9.97 Å². The predicted octanol–water partition coefficient (Wildman–Crippen LogP) is 3.49. The fourth-order valence-corrected chi connectivity index (χ4v) is 2.57. The van der Waals surface area contributed by atoms with Crippen LogP contribution in [0.25, 0.3) is 10.3 Å². The Morgan fingerprint density at radius 1 is 1.24 bits per heavy atom. The van der Waals surface area contributed by atoms with Gasteiger partial charge in [-0.3, -0.25) is 0 Å². The predicted molar refractivity (Wildman–Crippen MR) is 63.1 cm³/mol. The summed E-state index contributed by atoms with van der Waals surface area (Å²) >= 11 is 1.51. The number of aromatic amines is 1. The molecule has 2 aromatic heterocycles. The third kappa shape index (κ3) is 1.82. The molecule has 0 radical (unpaired) electrons. The van der Waals surface area contributed by atoms with E-state index in [1.165, 1.54) is 23.5 Å². The zero-order valence-electron chi connectivity index (χ0n) is 8.71. The fraction of sp³-hybridized carbons (Fsp3) is 0.0833. The average molecular weight is 250 g/mol. The van der Waals surface area contributed by atoms with Crippen LogP contribution in [0.5, 0.6) is 0 Å². The van der Waals surface area contributed by atoms with Crippen molar-refractivity contribution in [2.45, 2.75) is 6.42 Å². The first kappa shape index (κ1) is 10.4. The van der Waals surface area contributed by atoms with Crippen LogP contribution < -0.4 is 0 Å². The van der Waals surface area contributed by atoms with E-state index in [9.17, 15) is 8.78 Å². The lowest BCUT2D eigenvalue weighted by atomic mass is 10.1. The van der Waals surface area contributed by atoms with Gasteiger partial charge in [-0.1, -0.05) is 6.07 Å². The number of thiazole rings is 1. The first-order valence-corrected chi connectivity index (χ1v) is 5.95. The van der Waals surface area contributed by atoms with Crippen molar-refractivity contribution in [2.24, 2.45) is 0 Å². The van der Waals surface area contributed by atoms with Crippen LogP contribution in [-0.2, 0) is 6.42 Å². The largest absolute Gasteiger partial charge is 0.345 e. The van der Waals surface area contributed by atoms with E-state index < -0.39 is 11.6 Å². The molecule has 0 fully saturated rings. The first-order valence-electron chi connectivity index (χ1n) is 5.07. The molecule has 0 spiro atoms. The molecule has 1 N–H and O–H groups in total. The summed E-state index contributed by atoms with van der Waals surface area (Å²) < 4.78 is 27.3. The Labute approximate surface area is 99.9 Å². The first-order chi connectivity index (χ1) is 8.24. The van der Waals surface area contributed by atoms with Gasteiger partial charge in [0.25, 0.3) is 0 Å². The van der Waals surface area contributed by atoms with Gasteiger partial charge >= 0.3 is 0 Å². The Hall–Kier alpha value is -1.75. The van der Waals surface area contributed by atoms with E-state index in [1.54, 1.807) is 5.51 Å². The molecule has 0 saturated carbocycles. The molecule has 0 saturated heterocycles. The lowest BCUT2D eigenvalue weighted by Gasteiger charge is -2.01. The van der Waals surface area contributed by atoms with Crippen molar-refractivity contribution >= 4 is 21.7 Å². The van der Waals surface area contributed by atoms with E-state index in [4.69, 9.17) is 0 Å². The maximum atomic E-state index is 13.5. The number of H-pyrrole nitrogens is 1. The van der Waals surface area contributed by atoms with Gasteiger partial charge in [-0.2, -0.15) is 0 Å². The number of halogens is 2. The Morgan fingerprint density at radius 3 is 2.94 bits per heavy atom. The second-order valence-electron chi connectivity index (χ2n) is 3.76. The number of hydrogen-bond acceptors (Lipinski definition) is 2. The maximum absolute atomic E-state index is 13.5. The third-order valence-electron chi connectivity index (χ3n) is 2.64. The molecule has 0 aliphatic carbocycles. The number of nitrogens with one attached hydrogen (secondary N) is 1. The molecule has 0 unspecified atom stereocenters. The lowest BCUT2D eigenvalue weighted by molar-refractivity contribution is 0.575. The summed E-state index contributed by atoms with van der Waals surface area (Å²) in [5.41, 5.74) is 4.02. The molecule has 3 rings (SSSR count). The highest BCUT2D eigenvalue weighted by Gasteiger charge is 2.10. The van der Waals surface area contributed by atoms with Gasteiger partial charge in [-0.15, -0.1) is 11.3 Å². The Balaban J connectivity index is 2.00. The molecule has 0 amide bonds. The molecule has 17 heavy (non-hydrogen) atoms. The van der Waals surface area contributed by atoms with Gasteiger partial charge in [0, 0.05) is 18.7 Å². The summed E-state index contributed by atoms with van der Waals surface area (Å²) in [7, 11) is 0. The normalized spacial score (nSPS) is 11.2. The van der Waals surface area contributed by atoms with Crippen LogP contribution in [0.2, 0.25) is 0 Å². The van der Waals surface area contributed by atoms with Crippen LogP contribution in [0.15, 0.2) is 29.9 Å². The van der Waals surface area contributed by atoms with Crippen molar-refractivity contribution in [2.75, 3.05) is 0 Å². The quantitative estimate of drug-likeness (QED) is 0.741. The summed E-state index contributed by atoms with van der Waals surface area (Å²) in [6.45, 7) is 0. The van der Waals surface area contributed by atoms with Gasteiger partial charge in [0.05, 0.1) is 10.2 Å². The summed E-state index contributed by atoms with van der Waals surface area (Å²) in [6, 6.07) is 3.66. The molecule has 2 heterocycles. The second kappa shape index (κ2) is 3.92. The molecule has 0 aliphatic heterocycles. The van der Waals surface area contributed by atoms with E-state index in [0.717, 1.165) is 22.0 Å². The minimum atomic E-state index is -0.553. The molecule has 0 atom stereocenters. The van der Waals surface area contributed by atoms with Crippen LogP contribution in [0.1, 0.15) is 11.1 Å². The van der Waals surface area contributed by atoms with Crippen molar-refractivity contribution in [3.63, 3.8) is 0 Å². The van der Waals surface area contributed by atoms with Gasteiger partial charge in [-0.05, 0) is 17.2 Å². The minimum Gasteiger partial charge on any atom is -0.345 e. The van der Waals surface area contributed by atoms with Crippen molar-refractivity contribution in [1.82, 2.24) is 9.97 Å². The summed E-state index contributed by atoms with van der Waals surface area (Å²) in [4.78, 5) is 7.15. The molecule has 3 aromatic rings. The Kier molecular flexibility index (Phi) is 2.40. The van der Waals surface area contributed by atoms with Crippen LogP contribution in [0, 0.1) is 11.6 Å². The summed E-state index contributed by atoms with van der Waals surface area (Å²) in [6.07, 6.45) is 2.26. The standard InChI is InChI=1S/C12H8F2N2S/c13-9-2-1-7(10(14)4-9)3-8-5-15-12-11(8)17-6-16-12/h1-2,4-6,15H,3H2. The molecular weight excluding hydrogens is 242 g/mol. The van der Waals surface area contributed by atoms with Gasteiger partial charge in [-0.25, -0.2) is 13.8 Å². The number of aromatic nitrogens is 2. The van der Waals surface area contributed by atoms with Crippen molar-refractivity contribution in [3.8, 4) is 0 Å². The zero-order chi connectivity index (χ0) is 11.8. The Bertz CT molecular complexity index is 672. The monoisotopic (exact) mass is 250 g/mol. The van der Waals surface area contributed by atoms with E-state index in [-0.39, 0.29) is 0 Å². The molecule has 2 nitrogen and oxygen atoms in total. The van der Waals surface area contributed by atoms with E-state index in [0.29, 0.717) is 12.0 Å². The Morgan fingerprint density at radius 2 is 2.12 bits per heavy atom. The molecule has 5 heteroatoms. The number of hydrogen-bond donors (Lipinski definition) is 1. The van der Waals surface area contributed by atoms with Crippen LogP contribution >= 0.6 is 11.3 Å². The maximum Gasteiger partial charge on any atom is 0.148 e. The highest BCUT2D eigenvalue weighted by atomic mass is 32.1. The molecular formula is C12H8F2N2S. The lowest BCUT2D eigenvalue weighted by Crippen LogP contribution is -1.92. The number of benzene rings is 1. The molecule has 0 bridgehead atoms. The van der Waals surface area contributed by atoms with E-state index >= 15 is 0 Å². The van der Waals surface area contributed by atoms with Crippen molar-refractivity contribution < 1.29 is 8.78 Å². The van der Waals surface area contributed by atoms with Crippen molar-refractivity contribution in [1.29, 1.82) is 0 Å². The SMILES string of the molecule is Fc1ccc(Cc2c[nH]c3ncsc23)c(F)c1. The average Bonchev–Trinajstić information content (AvgIpc) is 2.86. The topological polar surface area (TPSA) is 28.7 Å².